The lowest BCUT2D eigenvalue weighted by atomic mass is 10.0. The molecule has 0 saturated carbocycles. The Bertz CT molecular complexity index is 414. The number of nitrogens with one attached hydrogen (secondary N) is 1. The first-order valence-electron chi connectivity index (χ1n) is 6.64. The lowest BCUT2D eigenvalue weighted by Crippen LogP contribution is -2.53. The fraction of sp³-hybridized carbons (Fsp3) is 0.917. The Balaban J connectivity index is 2.78. The molecule has 1 unspecified atom stereocenters. The SMILES string of the molecule is CC(C)(C)NS(=O)(=O)N1CCCCC1CCC(=O)O. The van der Waals surface area contributed by atoms with Crippen LogP contribution in [-0.2, 0) is 15.0 Å². The summed E-state index contributed by atoms with van der Waals surface area (Å²) < 4.78 is 28.7. The van der Waals surface area contributed by atoms with Crippen LogP contribution >= 0.6 is 0 Å². The smallest absolute Gasteiger partial charge is 0.303 e. The van der Waals surface area contributed by atoms with Crippen molar-refractivity contribution in [2.24, 2.45) is 0 Å². The first-order chi connectivity index (χ1) is 8.62. The molecule has 6 nitrogen and oxygen atoms in total. The van der Waals surface area contributed by atoms with Gasteiger partial charge in [-0.15, -0.1) is 0 Å². The average molecular weight is 292 g/mol. The highest BCUT2D eigenvalue weighted by Crippen LogP contribution is 2.24. The van der Waals surface area contributed by atoms with Crippen LogP contribution in [0.1, 0.15) is 52.9 Å². The van der Waals surface area contributed by atoms with E-state index in [9.17, 15) is 13.2 Å². The summed E-state index contributed by atoms with van der Waals surface area (Å²) >= 11 is 0. The molecule has 0 aromatic rings. The molecule has 1 fully saturated rings. The van der Waals surface area contributed by atoms with Crippen LogP contribution in [0.3, 0.4) is 0 Å². The van der Waals surface area contributed by atoms with Crippen molar-refractivity contribution in [1.82, 2.24) is 9.03 Å². The van der Waals surface area contributed by atoms with Crippen molar-refractivity contribution >= 4 is 16.2 Å². The number of rotatable bonds is 5. The van der Waals surface area contributed by atoms with E-state index in [1.807, 2.05) is 0 Å². The number of carboxylic acids is 1. The van der Waals surface area contributed by atoms with E-state index in [-0.39, 0.29) is 12.5 Å². The Kier molecular flexibility index (Phi) is 5.34. The summed E-state index contributed by atoms with van der Waals surface area (Å²) in [5.74, 6) is -0.883. The Hall–Kier alpha value is -0.660. The van der Waals surface area contributed by atoms with Crippen LogP contribution in [0.4, 0.5) is 0 Å². The molecular weight excluding hydrogens is 268 g/mol. The number of carboxylic acid groups (broad SMARTS) is 1. The third kappa shape index (κ3) is 5.46. The Labute approximate surface area is 115 Å². The summed E-state index contributed by atoms with van der Waals surface area (Å²) in [6.07, 6.45) is 2.89. The summed E-state index contributed by atoms with van der Waals surface area (Å²) in [7, 11) is -3.55. The van der Waals surface area contributed by atoms with E-state index in [4.69, 9.17) is 5.11 Å². The molecule has 1 rings (SSSR count). The van der Waals surface area contributed by atoms with E-state index in [1.54, 1.807) is 20.8 Å². The largest absolute Gasteiger partial charge is 0.481 e. The van der Waals surface area contributed by atoms with Crippen LogP contribution in [0, 0.1) is 0 Å². The second kappa shape index (κ2) is 6.19. The molecule has 1 atom stereocenters. The zero-order chi connectivity index (χ0) is 14.7. The van der Waals surface area contributed by atoms with Gasteiger partial charge in [-0.2, -0.15) is 17.4 Å². The van der Waals surface area contributed by atoms with Crippen LogP contribution in [0.15, 0.2) is 0 Å². The summed E-state index contributed by atoms with van der Waals surface area (Å²) in [5, 5.41) is 8.74. The van der Waals surface area contributed by atoms with Crippen molar-refractivity contribution in [1.29, 1.82) is 0 Å². The van der Waals surface area contributed by atoms with Crippen molar-refractivity contribution in [3.63, 3.8) is 0 Å². The van der Waals surface area contributed by atoms with Crippen LogP contribution in [-0.4, -0.2) is 41.9 Å². The van der Waals surface area contributed by atoms with Crippen LogP contribution < -0.4 is 4.72 Å². The Morgan fingerprint density at radius 1 is 1.37 bits per heavy atom. The molecule has 0 aliphatic carbocycles. The van der Waals surface area contributed by atoms with Gasteiger partial charge in [0, 0.05) is 24.5 Å². The maximum absolute atomic E-state index is 12.3. The first kappa shape index (κ1) is 16.4. The van der Waals surface area contributed by atoms with E-state index in [0.717, 1.165) is 19.3 Å². The normalized spacial score (nSPS) is 22.4. The number of piperidine rings is 1. The molecular formula is C12H24N2O4S. The summed E-state index contributed by atoms with van der Waals surface area (Å²) in [6, 6.07) is -0.204. The number of aliphatic carboxylic acids is 1. The second-order valence-electron chi connectivity index (χ2n) is 6.05. The maximum atomic E-state index is 12.3. The van der Waals surface area contributed by atoms with E-state index in [1.165, 1.54) is 4.31 Å². The van der Waals surface area contributed by atoms with Crippen molar-refractivity contribution in [3.8, 4) is 0 Å². The molecule has 0 aromatic heterocycles. The summed E-state index contributed by atoms with van der Waals surface area (Å²) in [4.78, 5) is 10.6. The minimum absolute atomic E-state index is 0.00616. The van der Waals surface area contributed by atoms with Gasteiger partial charge in [-0.3, -0.25) is 4.79 Å². The van der Waals surface area contributed by atoms with Crippen molar-refractivity contribution in [2.45, 2.75) is 64.5 Å². The lowest BCUT2D eigenvalue weighted by molar-refractivity contribution is -0.137. The van der Waals surface area contributed by atoms with Gasteiger partial charge in [0.1, 0.15) is 0 Å². The molecule has 7 heteroatoms. The van der Waals surface area contributed by atoms with E-state index in [2.05, 4.69) is 4.72 Å². The highest BCUT2D eigenvalue weighted by Gasteiger charge is 2.34. The van der Waals surface area contributed by atoms with Crippen molar-refractivity contribution in [3.05, 3.63) is 0 Å². The molecule has 0 spiro atoms. The van der Waals surface area contributed by atoms with Crippen molar-refractivity contribution in [2.75, 3.05) is 6.54 Å². The minimum atomic E-state index is -3.55. The predicted molar refractivity (Wildman–Crippen MR) is 73.0 cm³/mol. The van der Waals surface area contributed by atoms with Crippen molar-refractivity contribution < 1.29 is 18.3 Å². The molecule has 0 bridgehead atoms. The van der Waals surface area contributed by atoms with Gasteiger partial charge in [0.2, 0.25) is 0 Å². The van der Waals surface area contributed by atoms with Gasteiger partial charge in [0.05, 0.1) is 0 Å². The van der Waals surface area contributed by atoms with Gasteiger partial charge >= 0.3 is 5.97 Å². The maximum Gasteiger partial charge on any atom is 0.303 e. The van der Waals surface area contributed by atoms with Gasteiger partial charge in [0.15, 0.2) is 0 Å². The Morgan fingerprint density at radius 3 is 2.53 bits per heavy atom. The summed E-state index contributed by atoms with van der Waals surface area (Å²) in [5.41, 5.74) is -0.534. The highest BCUT2D eigenvalue weighted by molar-refractivity contribution is 7.87. The molecule has 0 radical (unpaired) electrons. The Morgan fingerprint density at radius 2 is 2.00 bits per heavy atom. The summed E-state index contributed by atoms with van der Waals surface area (Å²) in [6.45, 7) is 5.85. The van der Waals surface area contributed by atoms with Gasteiger partial charge in [0.25, 0.3) is 10.2 Å². The minimum Gasteiger partial charge on any atom is -0.481 e. The average Bonchev–Trinajstić information content (AvgIpc) is 2.23. The van der Waals surface area contributed by atoms with Gasteiger partial charge in [-0.1, -0.05) is 6.42 Å². The number of carbonyl (C=O) groups is 1. The lowest BCUT2D eigenvalue weighted by Gasteiger charge is -2.36. The molecule has 1 saturated heterocycles. The molecule has 112 valence electrons. The zero-order valence-corrected chi connectivity index (χ0v) is 12.7. The molecule has 1 heterocycles. The first-order valence-corrected chi connectivity index (χ1v) is 8.08. The van der Waals surface area contributed by atoms with Crippen LogP contribution in [0.2, 0.25) is 0 Å². The third-order valence-corrected chi connectivity index (χ3v) is 4.98. The molecule has 19 heavy (non-hydrogen) atoms. The quantitative estimate of drug-likeness (QED) is 0.800. The van der Waals surface area contributed by atoms with Gasteiger partial charge in [-0.25, -0.2) is 0 Å². The predicted octanol–water partition coefficient (Wildman–Crippen LogP) is 1.34. The molecule has 1 aliphatic heterocycles. The molecule has 2 N–H and O–H groups in total. The number of hydrogen-bond donors (Lipinski definition) is 2. The number of nitrogens with zero attached hydrogens (tertiary/aromatic N) is 1. The van der Waals surface area contributed by atoms with Gasteiger partial charge in [-0.05, 0) is 40.0 Å². The van der Waals surface area contributed by atoms with E-state index in [0.29, 0.717) is 13.0 Å². The third-order valence-electron chi connectivity index (χ3n) is 3.01. The van der Waals surface area contributed by atoms with Crippen LogP contribution in [0.25, 0.3) is 0 Å². The molecule has 0 amide bonds. The fourth-order valence-corrected chi connectivity index (χ4v) is 4.18. The highest BCUT2D eigenvalue weighted by atomic mass is 32.2. The van der Waals surface area contributed by atoms with Gasteiger partial charge < -0.3 is 5.11 Å². The van der Waals surface area contributed by atoms with Crippen LogP contribution in [0.5, 0.6) is 0 Å². The van der Waals surface area contributed by atoms with E-state index < -0.39 is 21.7 Å². The molecule has 0 aromatic carbocycles. The topological polar surface area (TPSA) is 86.7 Å². The second-order valence-corrected chi connectivity index (χ2v) is 7.67. The monoisotopic (exact) mass is 292 g/mol. The van der Waals surface area contributed by atoms with E-state index >= 15 is 0 Å². The zero-order valence-electron chi connectivity index (χ0n) is 11.8. The fourth-order valence-electron chi connectivity index (χ4n) is 2.31. The molecule has 1 aliphatic rings. The number of hydrogen-bond acceptors (Lipinski definition) is 3. The standard InChI is InChI=1S/C12H24N2O4S/c1-12(2,3)13-19(17,18)14-9-5-4-6-10(14)7-8-11(15)16/h10,13H,4-9H2,1-3H3,(H,15,16).